The second-order valence-corrected chi connectivity index (χ2v) is 5.77. The van der Waals surface area contributed by atoms with Crippen LogP contribution in [0.3, 0.4) is 0 Å². The summed E-state index contributed by atoms with van der Waals surface area (Å²) in [5.74, 6) is 0.592. The molecule has 70 valence electrons. The van der Waals surface area contributed by atoms with E-state index >= 15 is 0 Å². The third kappa shape index (κ3) is 2.10. The molecule has 0 aliphatic carbocycles. The lowest BCUT2D eigenvalue weighted by molar-refractivity contribution is 0.595. The van der Waals surface area contributed by atoms with Crippen LogP contribution < -0.4 is 0 Å². The van der Waals surface area contributed by atoms with Crippen LogP contribution in [0.15, 0.2) is 24.3 Å². The predicted molar refractivity (Wildman–Crippen MR) is 52.5 cm³/mol. The van der Waals surface area contributed by atoms with Crippen LogP contribution in [-0.4, -0.2) is 19.9 Å². The number of hydrogen-bond donors (Lipinski definition) is 0. The van der Waals surface area contributed by atoms with Gasteiger partial charge >= 0.3 is 0 Å². The van der Waals surface area contributed by atoms with Gasteiger partial charge in [0.15, 0.2) is 9.84 Å². The monoisotopic (exact) mass is 196 g/mol. The molecule has 2 heterocycles. The van der Waals surface area contributed by atoms with Crippen LogP contribution in [0.2, 0.25) is 0 Å². The number of aryl methyl sites for hydroxylation is 2. The molecule has 0 spiro atoms. The summed E-state index contributed by atoms with van der Waals surface area (Å²) in [5.41, 5.74) is 2.24. The van der Waals surface area contributed by atoms with E-state index < -0.39 is 9.84 Å². The molecule has 0 aromatic heterocycles. The zero-order valence-corrected chi connectivity index (χ0v) is 8.18. The van der Waals surface area contributed by atoms with Gasteiger partial charge in [-0.1, -0.05) is 24.3 Å². The Labute approximate surface area is 78.5 Å². The van der Waals surface area contributed by atoms with Gasteiger partial charge in [0.1, 0.15) is 0 Å². The van der Waals surface area contributed by atoms with Crippen LogP contribution in [0, 0.1) is 0 Å². The van der Waals surface area contributed by atoms with Crippen molar-refractivity contribution in [3.8, 4) is 0 Å². The van der Waals surface area contributed by atoms with Crippen LogP contribution in [0.4, 0.5) is 0 Å². The summed E-state index contributed by atoms with van der Waals surface area (Å²) in [7, 11) is -2.81. The molecular formula is C10H12O2S. The van der Waals surface area contributed by atoms with Crippen molar-refractivity contribution in [2.24, 2.45) is 0 Å². The van der Waals surface area contributed by atoms with Crippen LogP contribution in [0.5, 0.6) is 0 Å². The molecule has 0 saturated carbocycles. The standard InChI is InChI=1S/C10H12O2S/c11-13(12)7-5-9-1-2-10(4-3-9)6-8-13/h1-4H,5-8H2. The largest absolute Gasteiger partial charge is 0.229 e. The molecule has 2 bridgehead atoms. The van der Waals surface area contributed by atoms with Crippen molar-refractivity contribution in [2.75, 3.05) is 11.5 Å². The van der Waals surface area contributed by atoms with E-state index in [1.165, 1.54) is 0 Å². The quantitative estimate of drug-likeness (QED) is 0.625. The van der Waals surface area contributed by atoms with Gasteiger partial charge in [0, 0.05) is 0 Å². The van der Waals surface area contributed by atoms with Crippen LogP contribution >= 0.6 is 0 Å². The normalized spacial score (nSPS) is 20.3. The van der Waals surface area contributed by atoms with E-state index in [1.54, 1.807) is 0 Å². The molecule has 0 amide bonds. The van der Waals surface area contributed by atoms with Crippen LogP contribution in [0.1, 0.15) is 11.1 Å². The van der Waals surface area contributed by atoms with Gasteiger partial charge in [-0.15, -0.1) is 0 Å². The highest BCUT2D eigenvalue weighted by Gasteiger charge is 2.13. The third-order valence-electron chi connectivity index (χ3n) is 2.43. The van der Waals surface area contributed by atoms with E-state index in [-0.39, 0.29) is 0 Å². The molecule has 0 unspecified atom stereocenters. The van der Waals surface area contributed by atoms with E-state index in [1.807, 2.05) is 24.3 Å². The molecule has 2 aliphatic heterocycles. The van der Waals surface area contributed by atoms with Gasteiger partial charge in [-0.2, -0.15) is 0 Å². The highest BCUT2D eigenvalue weighted by atomic mass is 32.2. The summed E-state index contributed by atoms with van der Waals surface area (Å²) >= 11 is 0. The molecule has 1 aromatic rings. The second kappa shape index (κ2) is 3.14. The van der Waals surface area contributed by atoms with Gasteiger partial charge in [-0.3, -0.25) is 0 Å². The molecule has 0 fully saturated rings. The zero-order chi connectivity index (χ0) is 9.31. The summed E-state index contributed by atoms with van der Waals surface area (Å²) in [6.45, 7) is 0. The molecule has 0 N–H and O–H groups in total. The van der Waals surface area contributed by atoms with E-state index in [4.69, 9.17) is 0 Å². The SMILES string of the molecule is O=S1(=O)CCc2ccc(cc2)CC1. The zero-order valence-electron chi connectivity index (χ0n) is 7.36. The predicted octanol–water partition coefficient (Wildman–Crippen LogP) is 1.20. The fourth-order valence-electron chi connectivity index (χ4n) is 1.52. The number of benzene rings is 1. The summed E-state index contributed by atoms with van der Waals surface area (Å²) in [6.07, 6.45) is 1.31. The van der Waals surface area contributed by atoms with Crippen molar-refractivity contribution in [2.45, 2.75) is 12.8 Å². The van der Waals surface area contributed by atoms with Gasteiger partial charge in [0.25, 0.3) is 0 Å². The maximum absolute atomic E-state index is 11.4. The Kier molecular flexibility index (Phi) is 2.12. The Bertz CT molecular complexity index is 356. The molecule has 0 radical (unpaired) electrons. The average Bonchev–Trinajstić information content (AvgIpc) is 2.23. The molecule has 13 heavy (non-hydrogen) atoms. The van der Waals surface area contributed by atoms with Crippen molar-refractivity contribution in [3.05, 3.63) is 35.4 Å². The first kappa shape index (κ1) is 8.75. The van der Waals surface area contributed by atoms with E-state index in [2.05, 4.69) is 0 Å². The van der Waals surface area contributed by atoms with E-state index in [9.17, 15) is 8.42 Å². The van der Waals surface area contributed by atoms with Crippen molar-refractivity contribution < 1.29 is 8.42 Å². The minimum absolute atomic E-state index is 0.296. The molecule has 1 aromatic carbocycles. The number of hydrogen-bond acceptors (Lipinski definition) is 2. The third-order valence-corrected chi connectivity index (χ3v) is 4.08. The Balaban J connectivity index is 2.36. The molecule has 3 heteroatoms. The van der Waals surface area contributed by atoms with Gasteiger partial charge in [-0.05, 0) is 24.0 Å². The van der Waals surface area contributed by atoms with Crippen molar-refractivity contribution in [1.82, 2.24) is 0 Å². The van der Waals surface area contributed by atoms with E-state index in [0.29, 0.717) is 24.3 Å². The molecule has 3 rings (SSSR count). The molecule has 2 aliphatic rings. The van der Waals surface area contributed by atoms with Crippen LogP contribution in [0.25, 0.3) is 0 Å². The molecule has 0 saturated heterocycles. The maximum atomic E-state index is 11.4. The van der Waals surface area contributed by atoms with Crippen molar-refractivity contribution >= 4 is 9.84 Å². The fourth-order valence-corrected chi connectivity index (χ4v) is 2.82. The summed E-state index contributed by atoms with van der Waals surface area (Å²) < 4.78 is 22.8. The first-order valence-corrected chi connectivity index (χ1v) is 6.26. The summed E-state index contributed by atoms with van der Waals surface area (Å²) in [4.78, 5) is 0. The lowest BCUT2D eigenvalue weighted by Crippen LogP contribution is -2.13. The first-order valence-electron chi connectivity index (χ1n) is 4.44. The Morgan fingerprint density at radius 1 is 0.846 bits per heavy atom. The Hall–Kier alpha value is -0.830. The molecule has 0 atom stereocenters. The highest BCUT2D eigenvalue weighted by Crippen LogP contribution is 2.11. The topological polar surface area (TPSA) is 34.1 Å². The van der Waals surface area contributed by atoms with Crippen LogP contribution in [-0.2, 0) is 22.7 Å². The first-order chi connectivity index (χ1) is 6.16. The summed E-state index contributed by atoms with van der Waals surface area (Å²) in [6, 6.07) is 8.10. The Morgan fingerprint density at radius 2 is 1.23 bits per heavy atom. The average molecular weight is 196 g/mol. The van der Waals surface area contributed by atoms with Gasteiger partial charge in [-0.25, -0.2) is 8.42 Å². The lowest BCUT2D eigenvalue weighted by atomic mass is 10.1. The Morgan fingerprint density at radius 3 is 1.62 bits per heavy atom. The van der Waals surface area contributed by atoms with Crippen molar-refractivity contribution in [3.63, 3.8) is 0 Å². The molecule has 2 nitrogen and oxygen atoms in total. The lowest BCUT2D eigenvalue weighted by Gasteiger charge is -1.99. The number of sulfone groups is 1. The van der Waals surface area contributed by atoms with Crippen molar-refractivity contribution in [1.29, 1.82) is 0 Å². The van der Waals surface area contributed by atoms with E-state index in [0.717, 1.165) is 11.1 Å². The smallest absolute Gasteiger partial charge is 0.150 e. The van der Waals surface area contributed by atoms with Gasteiger partial charge < -0.3 is 0 Å². The number of fused-ring (bicyclic) bond motifs is 6. The maximum Gasteiger partial charge on any atom is 0.150 e. The minimum atomic E-state index is -2.81. The fraction of sp³-hybridized carbons (Fsp3) is 0.400. The minimum Gasteiger partial charge on any atom is -0.229 e. The van der Waals surface area contributed by atoms with Gasteiger partial charge in [0.2, 0.25) is 0 Å². The summed E-state index contributed by atoms with van der Waals surface area (Å²) in [5, 5.41) is 0. The van der Waals surface area contributed by atoms with Gasteiger partial charge in [0.05, 0.1) is 11.5 Å². The molecular weight excluding hydrogens is 184 g/mol. The second-order valence-electron chi connectivity index (χ2n) is 3.47. The highest BCUT2D eigenvalue weighted by molar-refractivity contribution is 7.91. The number of rotatable bonds is 0.